The number of methoxy groups -OCH3 is 1. The molecule has 3 heteroatoms. The zero-order valence-corrected chi connectivity index (χ0v) is 9.90. The Labute approximate surface area is 96.6 Å². The maximum Gasteiger partial charge on any atom is 0.218 e. The van der Waals surface area contributed by atoms with Gasteiger partial charge in [0.2, 0.25) is 5.91 Å². The number of rotatable bonds is 6. The average Bonchev–Trinajstić information content (AvgIpc) is 2.28. The zero-order chi connectivity index (χ0) is 12.0. The molecule has 1 aromatic rings. The number of hydrogen-bond acceptors (Lipinski definition) is 2. The van der Waals surface area contributed by atoms with Crippen molar-refractivity contribution in [1.29, 1.82) is 0 Å². The number of amides is 1. The van der Waals surface area contributed by atoms with Crippen LogP contribution in [0.15, 0.2) is 24.3 Å². The van der Waals surface area contributed by atoms with Crippen molar-refractivity contribution >= 4 is 5.91 Å². The normalized spacial score (nSPS) is 12.1. The van der Waals surface area contributed by atoms with Crippen molar-refractivity contribution in [3.8, 4) is 5.75 Å². The Bertz CT molecular complexity index is 332. The van der Waals surface area contributed by atoms with Crippen LogP contribution in [0.3, 0.4) is 0 Å². The van der Waals surface area contributed by atoms with Crippen LogP contribution in [0, 0.1) is 0 Å². The standard InChI is InChI=1S/C13H19NO2/c1-3-4-11(9-13(14)15)10-5-7-12(16-2)8-6-10/h5-8,11H,3-4,9H2,1-2H3,(H2,14,15). The molecule has 0 aliphatic rings. The topological polar surface area (TPSA) is 52.3 Å². The molecule has 88 valence electrons. The van der Waals surface area contributed by atoms with E-state index in [2.05, 4.69) is 6.92 Å². The van der Waals surface area contributed by atoms with Gasteiger partial charge in [-0.2, -0.15) is 0 Å². The summed E-state index contributed by atoms with van der Waals surface area (Å²) < 4.78 is 5.10. The van der Waals surface area contributed by atoms with Gasteiger partial charge in [-0.1, -0.05) is 25.5 Å². The zero-order valence-electron chi connectivity index (χ0n) is 9.90. The molecule has 16 heavy (non-hydrogen) atoms. The van der Waals surface area contributed by atoms with Crippen LogP contribution in [0.25, 0.3) is 0 Å². The molecule has 0 spiro atoms. The van der Waals surface area contributed by atoms with E-state index in [1.54, 1.807) is 7.11 Å². The average molecular weight is 221 g/mol. The first kappa shape index (κ1) is 12.6. The van der Waals surface area contributed by atoms with Crippen LogP contribution in [0.2, 0.25) is 0 Å². The Balaban J connectivity index is 2.79. The van der Waals surface area contributed by atoms with Crippen molar-refractivity contribution in [3.05, 3.63) is 29.8 Å². The Hall–Kier alpha value is -1.51. The summed E-state index contributed by atoms with van der Waals surface area (Å²) >= 11 is 0. The predicted molar refractivity (Wildman–Crippen MR) is 64.5 cm³/mol. The van der Waals surface area contributed by atoms with Crippen molar-refractivity contribution < 1.29 is 9.53 Å². The first-order valence-corrected chi connectivity index (χ1v) is 5.59. The Morgan fingerprint density at radius 3 is 2.44 bits per heavy atom. The molecule has 2 N–H and O–H groups in total. The predicted octanol–water partition coefficient (Wildman–Crippen LogP) is 2.45. The van der Waals surface area contributed by atoms with Gasteiger partial charge in [0.1, 0.15) is 5.75 Å². The van der Waals surface area contributed by atoms with Crippen molar-refractivity contribution in [2.24, 2.45) is 5.73 Å². The van der Waals surface area contributed by atoms with Crippen LogP contribution < -0.4 is 10.5 Å². The molecule has 1 rings (SSSR count). The van der Waals surface area contributed by atoms with Gasteiger partial charge in [0.05, 0.1) is 7.11 Å². The minimum absolute atomic E-state index is 0.230. The first-order chi connectivity index (χ1) is 7.67. The number of carbonyl (C=O) groups excluding carboxylic acids is 1. The molecule has 0 bridgehead atoms. The molecule has 0 aromatic heterocycles. The maximum absolute atomic E-state index is 11.0. The lowest BCUT2D eigenvalue weighted by Crippen LogP contribution is -2.15. The summed E-state index contributed by atoms with van der Waals surface area (Å²) in [6.45, 7) is 2.11. The fraction of sp³-hybridized carbons (Fsp3) is 0.462. The second-order valence-electron chi connectivity index (χ2n) is 3.93. The molecule has 3 nitrogen and oxygen atoms in total. The van der Waals surface area contributed by atoms with Crippen molar-refractivity contribution in [3.63, 3.8) is 0 Å². The molecule has 1 aromatic carbocycles. The van der Waals surface area contributed by atoms with E-state index in [0.717, 1.165) is 24.2 Å². The summed E-state index contributed by atoms with van der Waals surface area (Å²) in [4.78, 5) is 11.0. The number of benzene rings is 1. The van der Waals surface area contributed by atoms with E-state index in [1.165, 1.54) is 0 Å². The lowest BCUT2D eigenvalue weighted by Gasteiger charge is -2.15. The highest BCUT2D eigenvalue weighted by atomic mass is 16.5. The SMILES string of the molecule is CCCC(CC(N)=O)c1ccc(OC)cc1. The van der Waals surface area contributed by atoms with Gasteiger partial charge < -0.3 is 10.5 Å². The minimum Gasteiger partial charge on any atom is -0.497 e. The molecule has 1 unspecified atom stereocenters. The molecule has 0 fully saturated rings. The molecular weight excluding hydrogens is 202 g/mol. The lowest BCUT2D eigenvalue weighted by molar-refractivity contribution is -0.118. The summed E-state index contributed by atoms with van der Waals surface area (Å²) in [5.41, 5.74) is 6.41. The van der Waals surface area contributed by atoms with E-state index in [-0.39, 0.29) is 11.8 Å². The van der Waals surface area contributed by atoms with Crippen LogP contribution in [0.4, 0.5) is 0 Å². The molecule has 0 saturated heterocycles. The van der Waals surface area contributed by atoms with Crippen molar-refractivity contribution in [2.75, 3.05) is 7.11 Å². The van der Waals surface area contributed by atoms with Gasteiger partial charge in [0, 0.05) is 6.42 Å². The second-order valence-corrected chi connectivity index (χ2v) is 3.93. The molecule has 0 aliphatic carbocycles. The summed E-state index contributed by atoms with van der Waals surface area (Å²) in [6.07, 6.45) is 2.44. The van der Waals surface area contributed by atoms with E-state index < -0.39 is 0 Å². The highest BCUT2D eigenvalue weighted by Crippen LogP contribution is 2.26. The van der Waals surface area contributed by atoms with E-state index in [0.29, 0.717) is 6.42 Å². The molecular formula is C13H19NO2. The molecule has 1 atom stereocenters. The Morgan fingerprint density at radius 2 is 2.00 bits per heavy atom. The van der Waals surface area contributed by atoms with E-state index in [4.69, 9.17) is 10.5 Å². The fourth-order valence-electron chi connectivity index (χ4n) is 1.85. The van der Waals surface area contributed by atoms with Crippen molar-refractivity contribution in [2.45, 2.75) is 32.1 Å². The van der Waals surface area contributed by atoms with E-state index in [9.17, 15) is 4.79 Å². The molecule has 0 aliphatic heterocycles. The van der Waals surface area contributed by atoms with Crippen LogP contribution in [-0.2, 0) is 4.79 Å². The summed E-state index contributed by atoms with van der Waals surface area (Å²) in [5.74, 6) is 0.820. The highest BCUT2D eigenvalue weighted by molar-refractivity contribution is 5.74. The van der Waals surface area contributed by atoms with Crippen LogP contribution in [0.1, 0.15) is 37.7 Å². The third-order valence-electron chi connectivity index (χ3n) is 2.67. The second kappa shape index (κ2) is 6.16. The van der Waals surface area contributed by atoms with Gasteiger partial charge in [-0.3, -0.25) is 4.79 Å². The van der Waals surface area contributed by atoms with Crippen LogP contribution in [0.5, 0.6) is 5.75 Å². The highest BCUT2D eigenvalue weighted by Gasteiger charge is 2.13. The minimum atomic E-state index is -0.241. The van der Waals surface area contributed by atoms with E-state index in [1.807, 2.05) is 24.3 Å². The summed E-state index contributed by atoms with van der Waals surface area (Å²) in [5, 5.41) is 0. The maximum atomic E-state index is 11.0. The van der Waals surface area contributed by atoms with Gasteiger partial charge in [-0.15, -0.1) is 0 Å². The van der Waals surface area contributed by atoms with Gasteiger partial charge in [0.25, 0.3) is 0 Å². The Kier molecular flexibility index (Phi) is 4.83. The first-order valence-electron chi connectivity index (χ1n) is 5.59. The Morgan fingerprint density at radius 1 is 1.38 bits per heavy atom. The fourth-order valence-corrected chi connectivity index (χ4v) is 1.85. The van der Waals surface area contributed by atoms with Gasteiger partial charge in [-0.05, 0) is 30.0 Å². The van der Waals surface area contributed by atoms with Crippen LogP contribution >= 0.6 is 0 Å². The lowest BCUT2D eigenvalue weighted by atomic mass is 9.91. The van der Waals surface area contributed by atoms with Gasteiger partial charge >= 0.3 is 0 Å². The number of carbonyl (C=O) groups is 1. The molecule has 0 heterocycles. The summed E-state index contributed by atoms with van der Waals surface area (Å²) in [7, 11) is 1.64. The number of primary amides is 1. The quantitative estimate of drug-likeness (QED) is 0.802. The largest absolute Gasteiger partial charge is 0.497 e. The van der Waals surface area contributed by atoms with E-state index >= 15 is 0 Å². The third kappa shape index (κ3) is 3.57. The number of ether oxygens (including phenoxy) is 1. The van der Waals surface area contributed by atoms with Gasteiger partial charge in [-0.25, -0.2) is 0 Å². The van der Waals surface area contributed by atoms with Crippen molar-refractivity contribution in [1.82, 2.24) is 0 Å². The third-order valence-corrected chi connectivity index (χ3v) is 2.67. The molecule has 0 saturated carbocycles. The summed E-state index contributed by atoms with van der Waals surface area (Å²) in [6, 6.07) is 7.84. The molecule has 0 radical (unpaired) electrons. The molecule has 1 amide bonds. The number of nitrogens with two attached hydrogens (primary N) is 1. The monoisotopic (exact) mass is 221 g/mol. The smallest absolute Gasteiger partial charge is 0.218 e. The number of hydrogen-bond donors (Lipinski definition) is 1. The van der Waals surface area contributed by atoms with Crippen LogP contribution in [-0.4, -0.2) is 13.0 Å². The van der Waals surface area contributed by atoms with Gasteiger partial charge in [0.15, 0.2) is 0 Å².